The van der Waals surface area contributed by atoms with Gasteiger partial charge in [0.2, 0.25) is 0 Å². The van der Waals surface area contributed by atoms with E-state index in [1.165, 1.54) is 16.7 Å². The first-order valence-corrected chi connectivity index (χ1v) is 7.23. The fourth-order valence-corrected chi connectivity index (χ4v) is 3.00. The molecule has 3 aromatic carbocycles. The number of halogens is 1. The Hall–Kier alpha value is -2.09. The maximum Gasteiger partial charge on any atom is 0.0945 e. The van der Waals surface area contributed by atoms with E-state index in [1.807, 2.05) is 7.05 Å². The standard InChI is InChI=1S/C20H19N.ClH/c1-21-20(17-11-5-2-6-12-17,18-13-7-3-8-14-18)19-15-9-4-10-16-19;/h2-16,21H,1H3;1H. The number of rotatable bonds is 4. The van der Waals surface area contributed by atoms with Crippen LogP contribution in [0.2, 0.25) is 0 Å². The zero-order valence-corrected chi connectivity index (χ0v) is 13.4. The fourth-order valence-electron chi connectivity index (χ4n) is 3.00. The van der Waals surface area contributed by atoms with E-state index in [1.54, 1.807) is 0 Å². The first-order valence-electron chi connectivity index (χ1n) is 7.23. The minimum absolute atomic E-state index is 0. The van der Waals surface area contributed by atoms with E-state index >= 15 is 0 Å². The van der Waals surface area contributed by atoms with Crippen LogP contribution in [0, 0.1) is 0 Å². The third kappa shape index (κ3) is 2.78. The molecule has 0 fully saturated rings. The lowest BCUT2D eigenvalue weighted by Crippen LogP contribution is -2.42. The van der Waals surface area contributed by atoms with Gasteiger partial charge in [-0.3, -0.25) is 0 Å². The quantitative estimate of drug-likeness (QED) is 0.693. The fraction of sp³-hybridized carbons (Fsp3) is 0.100. The number of hydrogen-bond acceptors (Lipinski definition) is 1. The third-order valence-electron chi connectivity index (χ3n) is 4.00. The zero-order valence-electron chi connectivity index (χ0n) is 12.6. The first-order chi connectivity index (χ1) is 10.4. The van der Waals surface area contributed by atoms with Crippen molar-refractivity contribution in [3.63, 3.8) is 0 Å². The third-order valence-corrected chi connectivity index (χ3v) is 4.00. The van der Waals surface area contributed by atoms with Gasteiger partial charge in [-0.15, -0.1) is 12.4 Å². The highest BCUT2D eigenvalue weighted by atomic mass is 35.5. The number of nitrogens with one attached hydrogen (secondary N) is 1. The van der Waals surface area contributed by atoms with Gasteiger partial charge in [-0.1, -0.05) is 91.0 Å². The van der Waals surface area contributed by atoms with Gasteiger partial charge >= 0.3 is 0 Å². The van der Waals surface area contributed by atoms with Crippen LogP contribution in [0.15, 0.2) is 91.0 Å². The average molecular weight is 310 g/mol. The Balaban J connectivity index is 0.00000176. The molecule has 2 heteroatoms. The summed E-state index contributed by atoms with van der Waals surface area (Å²) in [6.07, 6.45) is 0. The van der Waals surface area contributed by atoms with Gasteiger partial charge in [0, 0.05) is 0 Å². The second-order valence-electron chi connectivity index (χ2n) is 5.10. The predicted molar refractivity (Wildman–Crippen MR) is 95.5 cm³/mol. The highest BCUT2D eigenvalue weighted by Gasteiger charge is 2.34. The molecular weight excluding hydrogens is 290 g/mol. The van der Waals surface area contributed by atoms with Crippen LogP contribution in [-0.2, 0) is 5.54 Å². The summed E-state index contributed by atoms with van der Waals surface area (Å²) in [5.41, 5.74) is 3.39. The molecule has 112 valence electrons. The second-order valence-corrected chi connectivity index (χ2v) is 5.10. The molecule has 0 saturated carbocycles. The Kier molecular flexibility index (Phi) is 5.37. The average Bonchev–Trinajstić information content (AvgIpc) is 2.59. The van der Waals surface area contributed by atoms with Crippen molar-refractivity contribution in [3.8, 4) is 0 Å². The Morgan fingerprint density at radius 2 is 0.818 bits per heavy atom. The number of hydrogen-bond donors (Lipinski definition) is 1. The van der Waals surface area contributed by atoms with E-state index in [9.17, 15) is 0 Å². The predicted octanol–water partition coefficient (Wildman–Crippen LogP) is 4.62. The summed E-state index contributed by atoms with van der Waals surface area (Å²) in [6.45, 7) is 0. The van der Waals surface area contributed by atoms with Gasteiger partial charge in [0.1, 0.15) is 0 Å². The second kappa shape index (κ2) is 7.26. The lowest BCUT2D eigenvalue weighted by atomic mass is 9.77. The summed E-state index contributed by atoms with van der Waals surface area (Å²) in [4.78, 5) is 0. The molecule has 0 atom stereocenters. The summed E-state index contributed by atoms with van der Waals surface area (Å²) >= 11 is 0. The van der Waals surface area contributed by atoms with E-state index in [2.05, 4.69) is 96.3 Å². The summed E-state index contributed by atoms with van der Waals surface area (Å²) in [5.74, 6) is 0. The van der Waals surface area contributed by atoms with E-state index in [0.717, 1.165) is 0 Å². The van der Waals surface area contributed by atoms with Crippen LogP contribution in [-0.4, -0.2) is 7.05 Å². The summed E-state index contributed by atoms with van der Waals surface area (Å²) in [6, 6.07) is 31.8. The molecule has 1 N–H and O–H groups in total. The molecule has 3 rings (SSSR count). The Bertz CT molecular complexity index is 584. The van der Waals surface area contributed by atoms with Crippen LogP contribution in [0.25, 0.3) is 0 Å². The molecule has 0 unspecified atom stereocenters. The van der Waals surface area contributed by atoms with Gasteiger partial charge in [0.05, 0.1) is 5.54 Å². The molecule has 0 radical (unpaired) electrons. The highest BCUT2D eigenvalue weighted by Crippen LogP contribution is 2.35. The van der Waals surface area contributed by atoms with E-state index < -0.39 is 0 Å². The van der Waals surface area contributed by atoms with Gasteiger partial charge in [-0.25, -0.2) is 0 Å². The van der Waals surface area contributed by atoms with Crippen molar-refractivity contribution in [3.05, 3.63) is 108 Å². The van der Waals surface area contributed by atoms with Gasteiger partial charge in [-0.2, -0.15) is 0 Å². The van der Waals surface area contributed by atoms with Crippen molar-refractivity contribution >= 4 is 12.4 Å². The van der Waals surface area contributed by atoms with Crippen molar-refractivity contribution in [1.82, 2.24) is 5.32 Å². The summed E-state index contributed by atoms with van der Waals surface area (Å²) in [7, 11) is 2.02. The molecule has 0 aliphatic rings. The topological polar surface area (TPSA) is 12.0 Å². The van der Waals surface area contributed by atoms with Crippen molar-refractivity contribution in [2.45, 2.75) is 5.54 Å². The Morgan fingerprint density at radius 3 is 1.05 bits per heavy atom. The van der Waals surface area contributed by atoms with Crippen molar-refractivity contribution in [1.29, 1.82) is 0 Å². The lowest BCUT2D eigenvalue weighted by molar-refractivity contribution is 0.525. The van der Waals surface area contributed by atoms with Gasteiger partial charge in [-0.05, 0) is 23.7 Å². The molecule has 0 amide bonds. The monoisotopic (exact) mass is 309 g/mol. The van der Waals surface area contributed by atoms with Gasteiger partial charge in [0.15, 0.2) is 0 Å². The van der Waals surface area contributed by atoms with E-state index in [0.29, 0.717) is 0 Å². The minimum atomic E-state index is -0.330. The van der Waals surface area contributed by atoms with Crippen LogP contribution in [0.3, 0.4) is 0 Å². The molecule has 0 aromatic heterocycles. The van der Waals surface area contributed by atoms with Gasteiger partial charge in [0.25, 0.3) is 0 Å². The number of benzene rings is 3. The Labute approximate surface area is 138 Å². The first kappa shape index (κ1) is 16.3. The van der Waals surface area contributed by atoms with Crippen LogP contribution >= 0.6 is 12.4 Å². The molecule has 1 nitrogen and oxygen atoms in total. The van der Waals surface area contributed by atoms with Crippen LogP contribution in [0.5, 0.6) is 0 Å². The van der Waals surface area contributed by atoms with Crippen LogP contribution < -0.4 is 5.32 Å². The molecule has 3 aromatic rings. The Morgan fingerprint density at radius 1 is 0.545 bits per heavy atom. The molecule has 0 bridgehead atoms. The smallest absolute Gasteiger partial charge is 0.0945 e. The van der Waals surface area contributed by atoms with E-state index in [4.69, 9.17) is 0 Å². The SMILES string of the molecule is CNC(c1ccccc1)(c1ccccc1)c1ccccc1.Cl. The minimum Gasteiger partial charge on any atom is -0.303 e. The molecule has 0 saturated heterocycles. The van der Waals surface area contributed by atoms with Crippen LogP contribution in [0.1, 0.15) is 16.7 Å². The van der Waals surface area contributed by atoms with Gasteiger partial charge < -0.3 is 5.32 Å². The molecule has 0 aliphatic heterocycles. The van der Waals surface area contributed by atoms with Crippen molar-refractivity contribution in [2.75, 3.05) is 7.05 Å². The largest absolute Gasteiger partial charge is 0.303 e. The molecular formula is C20H20ClN. The summed E-state index contributed by atoms with van der Waals surface area (Å²) < 4.78 is 0. The molecule has 0 heterocycles. The molecule has 0 spiro atoms. The maximum atomic E-state index is 3.56. The highest BCUT2D eigenvalue weighted by molar-refractivity contribution is 5.85. The summed E-state index contributed by atoms with van der Waals surface area (Å²) in [5, 5.41) is 3.56. The molecule has 0 aliphatic carbocycles. The van der Waals surface area contributed by atoms with Crippen molar-refractivity contribution in [2.24, 2.45) is 0 Å². The normalized spacial score (nSPS) is 10.8. The molecule has 22 heavy (non-hydrogen) atoms. The lowest BCUT2D eigenvalue weighted by Gasteiger charge is -2.35. The van der Waals surface area contributed by atoms with Crippen LogP contribution in [0.4, 0.5) is 0 Å². The van der Waals surface area contributed by atoms with E-state index in [-0.39, 0.29) is 17.9 Å². The van der Waals surface area contributed by atoms with Crippen molar-refractivity contribution < 1.29 is 0 Å². The maximum absolute atomic E-state index is 3.56. The zero-order chi connectivity index (χ0) is 14.5.